The molecule has 1 amide bonds. The molecule has 9 nitrogen and oxygen atoms in total. The molecule has 3 heterocycles. The van der Waals surface area contributed by atoms with Crippen LogP contribution >= 0.6 is 0 Å². The van der Waals surface area contributed by atoms with E-state index in [1.54, 1.807) is 7.05 Å². The van der Waals surface area contributed by atoms with Crippen LogP contribution in [-0.2, 0) is 11.0 Å². The Kier molecular flexibility index (Phi) is 6.87. The molecular formula is C22H22F3N7O2. The van der Waals surface area contributed by atoms with E-state index in [2.05, 4.69) is 34.8 Å². The molecule has 0 radical (unpaired) electrons. The Hall–Kier alpha value is -3.80. The summed E-state index contributed by atoms with van der Waals surface area (Å²) in [7, 11) is 1.61. The molecule has 4 rings (SSSR count). The zero-order valence-electron chi connectivity index (χ0n) is 18.2. The van der Waals surface area contributed by atoms with Gasteiger partial charge in [-0.3, -0.25) is 9.69 Å². The maximum Gasteiger partial charge on any atom is 0.471 e. The van der Waals surface area contributed by atoms with Gasteiger partial charge in [-0.1, -0.05) is 47.6 Å². The molecule has 178 valence electrons. The SMILES string of the molecule is CNC(=O)C(/C=C/c1ccccc1)N1CCN(c2ncc(-c3noc(C(F)(F)F)n3)cn2)CC1. The average molecular weight is 473 g/mol. The van der Waals surface area contributed by atoms with Gasteiger partial charge < -0.3 is 14.7 Å². The first-order chi connectivity index (χ1) is 16.3. The Morgan fingerprint density at radius 1 is 1.12 bits per heavy atom. The van der Waals surface area contributed by atoms with E-state index in [0.717, 1.165) is 5.56 Å². The van der Waals surface area contributed by atoms with Crippen LogP contribution in [0.4, 0.5) is 19.1 Å². The number of nitrogens with zero attached hydrogens (tertiary/aromatic N) is 6. The fraction of sp³-hybridized carbons (Fsp3) is 0.318. The zero-order chi connectivity index (χ0) is 24.1. The van der Waals surface area contributed by atoms with Crippen LogP contribution in [0.3, 0.4) is 0 Å². The smallest absolute Gasteiger partial charge is 0.358 e. The Morgan fingerprint density at radius 3 is 2.38 bits per heavy atom. The predicted molar refractivity (Wildman–Crippen MR) is 117 cm³/mol. The van der Waals surface area contributed by atoms with Gasteiger partial charge in [-0.25, -0.2) is 9.97 Å². The number of anilines is 1. The topological polar surface area (TPSA) is 100 Å². The van der Waals surface area contributed by atoms with Crippen molar-refractivity contribution in [2.45, 2.75) is 12.2 Å². The molecule has 1 saturated heterocycles. The van der Waals surface area contributed by atoms with Gasteiger partial charge in [0.05, 0.1) is 5.56 Å². The van der Waals surface area contributed by atoms with Gasteiger partial charge in [-0.05, 0) is 5.56 Å². The Bertz CT molecular complexity index is 1130. The molecule has 0 saturated carbocycles. The monoisotopic (exact) mass is 473 g/mol. The zero-order valence-corrected chi connectivity index (χ0v) is 18.2. The second kappa shape index (κ2) is 10.00. The van der Waals surface area contributed by atoms with Crippen LogP contribution in [0.15, 0.2) is 53.3 Å². The number of carbonyl (C=O) groups is 1. The standard InChI is InChI=1S/C22H22F3N7O2/c1-26-19(33)17(8-7-15-5-3-2-4-6-15)31-9-11-32(12-10-31)21-27-13-16(14-28-21)18-29-20(34-30-18)22(23,24)25/h2-8,13-14,17H,9-12H2,1H3,(H,26,33)/b8-7+. The van der Waals surface area contributed by atoms with E-state index in [1.807, 2.05) is 47.4 Å². The maximum absolute atomic E-state index is 12.7. The Labute approximate surface area is 193 Å². The fourth-order valence-corrected chi connectivity index (χ4v) is 3.55. The molecule has 1 aliphatic heterocycles. The molecule has 0 aliphatic carbocycles. The van der Waals surface area contributed by atoms with Gasteiger partial charge >= 0.3 is 12.1 Å². The van der Waals surface area contributed by atoms with Crippen molar-refractivity contribution in [1.29, 1.82) is 0 Å². The van der Waals surface area contributed by atoms with Crippen molar-refractivity contribution in [3.05, 3.63) is 60.3 Å². The van der Waals surface area contributed by atoms with Crippen LogP contribution in [0.1, 0.15) is 11.5 Å². The summed E-state index contributed by atoms with van der Waals surface area (Å²) in [6, 6.07) is 9.32. The van der Waals surface area contributed by atoms with E-state index in [0.29, 0.717) is 32.1 Å². The van der Waals surface area contributed by atoms with E-state index in [4.69, 9.17) is 0 Å². The van der Waals surface area contributed by atoms with Gasteiger partial charge in [0.25, 0.3) is 0 Å². The van der Waals surface area contributed by atoms with Crippen LogP contribution in [0, 0.1) is 0 Å². The molecule has 0 bridgehead atoms. The lowest BCUT2D eigenvalue weighted by molar-refractivity contribution is -0.159. The summed E-state index contributed by atoms with van der Waals surface area (Å²) in [5.74, 6) is -1.32. The van der Waals surface area contributed by atoms with Gasteiger partial charge in [-0.15, -0.1) is 0 Å². The normalized spacial score (nSPS) is 16.1. The van der Waals surface area contributed by atoms with Crippen molar-refractivity contribution >= 4 is 17.9 Å². The fourth-order valence-electron chi connectivity index (χ4n) is 3.55. The van der Waals surface area contributed by atoms with Crippen LogP contribution < -0.4 is 10.2 Å². The minimum atomic E-state index is -4.71. The van der Waals surface area contributed by atoms with Crippen LogP contribution in [0.5, 0.6) is 0 Å². The lowest BCUT2D eigenvalue weighted by atomic mass is 10.1. The van der Waals surface area contributed by atoms with Gasteiger partial charge in [0.1, 0.15) is 6.04 Å². The number of hydrogen-bond acceptors (Lipinski definition) is 8. The third kappa shape index (κ3) is 5.39. The molecular weight excluding hydrogens is 451 g/mol. The highest BCUT2D eigenvalue weighted by Gasteiger charge is 2.38. The number of amides is 1. The number of alkyl halides is 3. The highest BCUT2D eigenvalue weighted by atomic mass is 19.4. The second-order valence-electron chi connectivity index (χ2n) is 7.54. The van der Waals surface area contributed by atoms with Crippen molar-refractivity contribution < 1.29 is 22.5 Å². The molecule has 2 aromatic heterocycles. The molecule has 1 aliphatic rings. The summed E-state index contributed by atoms with van der Waals surface area (Å²) in [4.78, 5) is 28.3. The van der Waals surface area contributed by atoms with Gasteiger partial charge in [0.2, 0.25) is 17.7 Å². The van der Waals surface area contributed by atoms with Crippen molar-refractivity contribution in [1.82, 2.24) is 30.3 Å². The summed E-state index contributed by atoms with van der Waals surface area (Å²) in [5, 5.41) is 6.05. The lowest BCUT2D eigenvalue weighted by Gasteiger charge is -2.37. The van der Waals surface area contributed by atoms with E-state index in [9.17, 15) is 18.0 Å². The molecule has 0 spiro atoms. The van der Waals surface area contributed by atoms with Crippen LogP contribution in [0.25, 0.3) is 17.5 Å². The first-order valence-electron chi connectivity index (χ1n) is 10.5. The number of benzene rings is 1. The molecule has 1 fully saturated rings. The molecule has 1 unspecified atom stereocenters. The summed E-state index contributed by atoms with van der Waals surface area (Å²) >= 11 is 0. The van der Waals surface area contributed by atoms with Gasteiger partial charge in [0.15, 0.2) is 0 Å². The first-order valence-corrected chi connectivity index (χ1v) is 10.5. The third-order valence-corrected chi connectivity index (χ3v) is 5.34. The molecule has 1 N–H and O–H groups in total. The highest BCUT2D eigenvalue weighted by Crippen LogP contribution is 2.29. The largest absolute Gasteiger partial charge is 0.471 e. The van der Waals surface area contributed by atoms with E-state index in [-0.39, 0.29) is 17.3 Å². The number of likely N-dealkylation sites (N-methyl/N-ethyl adjacent to an activating group) is 1. The highest BCUT2D eigenvalue weighted by molar-refractivity contribution is 5.84. The molecule has 34 heavy (non-hydrogen) atoms. The summed E-state index contributed by atoms with van der Waals surface area (Å²) in [5.41, 5.74) is 1.22. The summed E-state index contributed by atoms with van der Waals surface area (Å²) in [6.07, 6.45) is 1.81. The maximum atomic E-state index is 12.7. The minimum absolute atomic E-state index is 0.0976. The lowest BCUT2D eigenvalue weighted by Crippen LogP contribution is -2.54. The van der Waals surface area contributed by atoms with Crippen LogP contribution in [-0.4, -0.2) is 70.2 Å². The second-order valence-corrected chi connectivity index (χ2v) is 7.54. The number of halogens is 3. The van der Waals surface area contributed by atoms with Crippen molar-refractivity contribution in [3.63, 3.8) is 0 Å². The van der Waals surface area contributed by atoms with E-state index in [1.165, 1.54) is 12.4 Å². The van der Waals surface area contributed by atoms with Gasteiger partial charge in [-0.2, -0.15) is 18.2 Å². The number of piperazine rings is 1. The molecule has 12 heteroatoms. The van der Waals surface area contributed by atoms with Crippen LogP contribution in [0.2, 0.25) is 0 Å². The van der Waals surface area contributed by atoms with Crippen molar-refractivity contribution in [2.75, 3.05) is 38.1 Å². The average Bonchev–Trinajstić information content (AvgIpc) is 3.36. The first kappa shape index (κ1) is 23.4. The van der Waals surface area contributed by atoms with E-state index < -0.39 is 18.1 Å². The number of carbonyl (C=O) groups excluding carboxylic acids is 1. The van der Waals surface area contributed by atoms with Gasteiger partial charge in [0, 0.05) is 45.6 Å². The number of aromatic nitrogens is 4. The molecule has 3 aromatic rings. The summed E-state index contributed by atoms with van der Waals surface area (Å²) in [6.45, 7) is 2.35. The number of rotatable bonds is 6. The number of nitrogens with one attached hydrogen (secondary N) is 1. The quantitative estimate of drug-likeness (QED) is 0.583. The Balaban J connectivity index is 1.40. The third-order valence-electron chi connectivity index (χ3n) is 5.34. The Morgan fingerprint density at radius 2 is 1.79 bits per heavy atom. The van der Waals surface area contributed by atoms with E-state index >= 15 is 0 Å². The minimum Gasteiger partial charge on any atom is -0.358 e. The molecule has 1 aromatic carbocycles. The summed E-state index contributed by atoms with van der Waals surface area (Å²) < 4.78 is 42.2. The number of hydrogen-bond donors (Lipinski definition) is 1. The van der Waals surface area contributed by atoms with Crippen molar-refractivity contribution in [3.8, 4) is 11.4 Å². The molecule has 1 atom stereocenters. The predicted octanol–water partition coefficient (Wildman–Crippen LogP) is 2.50. The van der Waals surface area contributed by atoms with Crippen molar-refractivity contribution in [2.24, 2.45) is 0 Å².